The van der Waals surface area contributed by atoms with Crippen molar-refractivity contribution in [2.24, 2.45) is 62.6 Å². The molecule has 0 unspecified atom stereocenters. The second-order valence-electron chi connectivity index (χ2n) is 15.6. The highest BCUT2D eigenvalue weighted by atomic mass is 16.5. The third kappa shape index (κ3) is 3.44. The molecule has 5 saturated carbocycles. The first-order valence-electron chi connectivity index (χ1n) is 15.4. The Bertz CT molecular complexity index is 1020. The molecule has 0 aromatic heterocycles. The topological polar surface area (TPSA) is 69.7 Å². The number of hydrogen-bond donors (Lipinski definition) is 0. The van der Waals surface area contributed by atoms with E-state index < -0.39 is 5.41 Å². The van der Waals surface area contributed by atoms with Gasteiger partial charge in [0.25, 0.3) is 0 Å². The van der Waals surface area contributed by atoms with Crippen LogP contribution in [0.3, 0.4) is 0 Å². The first-order chi connectivity index (χ1) is 17.6. The smallest absolute Gasteiger partial charge is 0.312 e. The molecular weight excluding hydrogens is 476 g/mol. The summed E-state index contributed by atoms with van der Waals surface area (Å²) in [7, 11) is 1.53. The Morgan fingerprint density at radius 3 is 2.16 bits per heavy atom. The van der Waals surface area contributed by atoms with Gasteiger partial charge in [-0.25, -0.2) is 0 Å². The molecule has 5 fully saturated rings. The van der Waals surface area contributed by atoms with Gasteiger partial charge in [0, 0.05) is 24.7 Å². The lowest BCUT2D eigenvalue weighted by Crippen LogP contribution is -2.70. The van der Waals surface area contributed by atoms with E-state index in [1.807, 2.05) is 0 Å². The van der Waals surface area contributed by atoms with Crippen molar-refractivity contribution >= 4 is 17.7 Å². The molecule has 0 amide bonds. The molecule has 5 rings (SSSR count). The lowest BCUT2D eigenvalue weighted by atomic mass is 9.31. The van der Waals surface area contributed by atoms with Gasteiger partial charge in [0.05, 0.1) is 12.5 Å². The fraction of sp³-hybridized carbons (Fsp3) is 0.909. The van der Waals surface area contributed by atoms with Crippen LogP contribution in [0.25, 0.3) is 0 Å². The third-order valence-electron chi connectivity index (χ3n) is 14.2. The first kappa shape index (κ1) is 28.1. The first-order valence-corrected chi connectivity index (χ1v) is 15.4. The molecule has 214 valence electrons. The minimum atomic E-state index is -0.519. The number of fused-ring (bicyclic) bond motifs is 7. The summed E-state index contributed by atoms with van der Waals surface area (Å²) >= 11 is 0. The summed E-state index contributed by atoms with van der Waals surface area (Å²) in [5.74, 6) is 1.64. The van der Waals surface area contributed by atoms with E-state index in [0.717, 1.165) is 51.4 Å². The number of rotatable bonds is 2. The molecule has 38 heavy (non-hydrogen) atoms. The second kappa shape index (κ2) is 8.80. The zero-order valence-electron chi connectivity index (χ0n) is 25.4. The number of ether oxygens (including phenoxy) is 2. The Balaban J connectivity index is 1.56. The lowest BCUT2D eigenvalue weighted by molar-refractivity contribution is -0.250. The van der Waals surface area contributed by atoms with Gasteiger partial charge in [0.1, 0.15) is 11.9 Å². The van der Waals surface area contributed by atoms with E-state index in [1.54, 1.807) is 0 Å². The van der Waals surface area contributed by atoms with Crippen molar-refractivity contribution in [1.29, 1.82) is 0 Å². The van der Waals surface area contributed by atoms with Crippen LogP contribution in [0.4, 0.5) is 0 Å². The summed E-state index contributed by atoms with van der Waals surface area (Å²) < 4.78 is 11.3. The summed E-state index contributed by atoms with van der Waals surface area (Å²) in [5.41, 5.74) is -0.718. The molecule has 5 heteroatoms. The molecule has 0 N–H and O–H groups in total. The van der Waals surface area contributed by atoms with Crippen LogP contribution in [0.1, 0.15) is 113 Å². The van der Waals surface area contributed by atoms with E-state index in [1.165, 1.54) is 14.0 Å². The average molecular weight is 529 g/mol. The molecular formula is C33H52O5. The zero-order valence-corrected chi connectivity index (χ0v) is 25.4. The Labute approximate surface area is 230 Å². The Kier molecular flexibility index (Phi) is 6.52. The van der Waals surface area contributed by atoms with Crippen LogP contribution in [-0.4, -0.2) is 30.9 Å². The minimum absolute atomic E-state index is 0.0269. The third-order valence-corrected chi connectivity index (χ3v) is 14.2. The Hall–Kier alpha value is -1.39. The van der Waals surface area contributed by atoms with Crippen LogP contribution < -0.4 is 0 Å². The van der Waals surface area contributed by atoms with Crippen molar-refractivity contribution in [3.63, 3.8) is 0 Å². The van der Waals surface area contributed by atoms with Crippen LogP contribution in [0.5, 0.6) is 0 Å². The number of esters is 2. The van der Waals surface area contributed by atoms with Gasteiger partial charge in [-0.05, 0) is 97.2 Å². The average Bonchev–Trinajstić information content (AvgIpc) is 2.84. The molecule has 0 radical (unpaired) electrons. The van der Waals surface area contributed by atoms with Crippen LogP contribution in [-0.2, 0) is 23.9 Å². The van der Waals surface area contributed by atoms with Gasteiger partial charge in [0.2, 0.25) is 0 Å². The maximum absolute atomic E-state index is 14.6. The highest BCUT2D eigenvalue weighted by Crippen LogP contribution is 2.76. The van der Waals surface area contributed by atoms with Gasteiger partial charge in [0.15, 0.2) is 0 Å². The van der Waals surface area contributed by atoms with Gasteiger partial charge >= 0.3 is 11.9 Å². The van der Waals surface area contributed by atoms with Crippen LogP contribution in [0, 0.1) is 62.6 Å². The Morgan fingerprint density at radius 2 is 1.53 bits per heavy atom. The molecule has 5 aliphatic carbocycles. The van der Waals surface area contributed by atoms with Gasteiger partial charge in [-0.3, -0.25) is 14.4 Å². The number of methoxy groups -OCH3 is 1. The van der Waals surface area contributed by atoms with E-state index >= 15 is 0 Å². The highest BCUT2D eigenvalue weighted by molar-refractivity contribution is 5.87. The minimum Gasteiger partial charge on any atom is -0.469 e. The summed E-state index contributed by atoms with van der Waals surface area (Å²) in [6, 6.07) is 0. The zero-order chi connectivity index (χ0) is 28.1. The van der Waals surface area contributed by atoms with E-state index in [-0.39, 0.29) is 51.5 Å². The summed E-state index contributed by atoms with van der Waals surface area (Å²) in [6.07, 6.45) is 8.24. The SMILES string of the molecule is COC(=O)[C@]12CC[C@H](C)[C@H](C)[C@@H]1[C@@H]1C(=O)C[C@@H]3[C@]4(C)CC[C@H](OC(C)=O)C(C)(C)[C@@H]4CC[C@]3(C)[C@@]1(C)CC2. The number of carbonyl (C=O) groups is 3. The second-order valence-corrected chi connectivity index (χ2v) is 15.6. The number of carbonyl (C=O) groups excluding carboxylic acids is 3. The van der Waals surface area contributed by atoms with Gasteiger partial charge in [-0.15, -0.1) is 0 Å². The van der Waals surface area contributed by atoms with Crippen LogP contribution in [0.2, 0.25) is 0 Å². The van der Waals surface area contributed by atoms with Crippen molar-refractivity contribution < 1.29 is 23.9 Å². The molecule has 0 saturated heterocycles. The molecule has 0 aliphatic heterocycles. The number of ketones is 1. The van der Waals surface area contributed by atoms with Crippen LogP contribution in [0.15, 0.2) is 0 Å². The Morgan fingerprint density at radius 1 is 0.842 bits per heavy atom. The molecule has 0 heterocycles. The van der Waals surface area contributed by atoms with Crippen LogP contribution >= 0.6 is 0 Å². The maximum atomic E-state index is 14.6. The molecule has 0 aromatic carbocycles. The van der Waals surface area contributed by atoms with Gasteiger partial charge in [-0.1, -0.05) is 48.5 Å². The van der Waals surface area contributed by atoms with Crippen molar-refractivity contribution in [1.82, 2.24) is 0 Å². The monoisotopic (exact) mass is 528 g/mol. The number of hydrogen-bond acceptors (Lipinski definition) is 5. The van der Waals surface area contributed by atoms with E-state index in [2.05, 4.69) is 48.5 Å². The van der Waals surface area contributed by atoms with E-state index in [0.29, 0.717) is 35.9 Å². The predicted octanol–water partition coefficient (Wildman–Crippen LogP) is 7.01. The van der Waals surface area contributed by atoms with Crippen molar-refractivity contribution in [3.8, 4) is 0 Å². The van der Waals surface area contributed by atoms with Crippen molar-refractivity contribution in [3.05, 3.63) is 0 Å². The van der Waals surface area contributed by atoms with Crippen molar-refractivity contribution in [2.75, 3.05) is 7.11 Å². The molecule has 0 bridgehead atoms. The highest BCUT2D eigenvalue weighted by Gasteiger charge is 2.73. The number of Topliss-reactive ketones (excluding diaryl/α,β-unsaturated/α-hetero) is 1. The van der Waals surface area contributed by atoms with E-state index in [9.17, 15) is 14.4 Å². The fourth-order valence-corrected chi connectivity index (χ4v) is 11.9. The van der Waals surface area contributed by atoms with Crippen molar-refractivity contribution in [2.45, 2.75) is 119 Å². The molecule has 5 nitrogen and oxygen atoms in total. The molecule has 11 atom stereocenters. The molecule has 0 spiro atoms. The summed E-state index contributed by atoms with van der Waals surface area (Å²) in [6.45, 7) is 18.1. The maximum Gasteiger partial charge on any atom is 0.312 e. The van der Waals surface area contributed by atoms with E-state index in [4.69, 9.17) is 9.47 Å². The quantitative estimate of drug-likeness (QED) is 0.361. The lowest BCUT2D eigenvalue weighted by Gasteiger charge is -2.73. The standard InChI is InChI=1S/C33H52O5/c1-19-10-15-33(28(36)37-9)17-16-32(8)27(26(33)20(19)2)22(35)18-24-30(6)13-12-25(38-21(3)34)29(4,5)23(30)11-14-31(24,32)7/h19-20,23-27H,10-18H2,1-9H3/t19-,20-,23-,24+,25-,26+,27-,30+,31-,32-,33-/m0/s1. The largest absolute Gasteiger partial charge is 0.469 e. The van der Waals surface area contributed by atoms with Gasteiger partial charge in [-0.2, -0.15) is 0 Å². The normalized spacial score (nSPS) is 51.5. The summed E-state index contributed by atoms with van der Waals surface area (Å²) in [5, 5.41) is 0. The predicted molar refractivity (Wildman–Crippen MR) is 147 cm³/mol. The molecule has 5 aliphatic rings. The van der Waals surface area contributed by atoms with Gasteiger partial charge < -0.3 is 9.47 Å². The summed E-state index contributed by atoms with van der Waals surface area (Å²) in [4.78, 5) is 40.0. The fourth-order valence-electron chi connectivity index (χ4n) is 11.9. The molecule has 0 aromatic rings.